The first kappa shape index (κ1) is 18.8. The van der Waals surface area contributed by atoms with Crippen molar-refractivity contribution in [2.45, 2.75) is 57.4 Å². The maximum Gasteiger partial charge on any atom is 0.191 e. The predicted octanol–water partition coefficient (Wildman–Crippen LogP) is 1.84. The number of rotatable bonds is 6. The van der Waals surface area contributed by atoms with Gasteiger partial charge in [-0.15, -0.1) is 0 Å². The highest BCUT2D eigenvalue weighted by Crippen LogP contribution is 2.34. The van der Waals surface area contributed by atoms with E-state index in [2.05, 4.69) is 28.5 Å². The van der Waals surface area contributed by atoms with E-state index < -0.39 is 0 Å². The molecule has 4 unspecified atom stereocenters. The van der Waals surface area contributed by atoms with Crippen molar-refractivity contribution in [2.75, 3.05) is 39.4 Å². The van der Waals surface area contributed by atoms with Crippen LogP contribution in [0.2, 0.25) is 0 Å². The Morgan fingerprint density at radius 3 is 2.78 bits per heavy atom. The minimum Gasteiger partial charge on any atom is -0.465 e. The summed E-state index contributed by atoms with van der Waals surface area (Å²) in [5, 5.41) is 7.00. The molecule has 0 saturated carbocycles. The Hall–Kier alpha value is -1.57. The summed E-state index contributed by atoms with van der Waals surface area (Å²) in [5.41, 5.74) is 0. The van der Waals surface area contributed by atoms with Gasteiger partial charge in [-0.05, 0) is 45.2 Å². The van der Waals surface area contributed by atoms with Crippen molar-refractivity contribution in [3.63, 3.8) is 0 Å². The van der Waals surface area contributed by atoms with Gasteiger partial charge in [-0.25, -0.2) is 0 Å². The second-order valence-electron chi connectivity index (χ2n) is 7.69. The van der Waals surface area contributed by atoms with Gasteiger partial charge < -0.3 is 24.5 Å². The Morgan fingerprint density at radius 2 is 2.15 bits per heavy atom. The monoisotopic (exact) mass is 376 g/mol. The average molecular weight is 377 g/mol. The number of aryl methyl sites for hydroxylation is 1. The number of fused-ring (bicyclic) bond motifs is 2. The van der Waals surface area contributed by atoms with Gasteiger partial charge in [-0.2, -0.15) is 0 Å². The Kier molecular flexibility index (Phi) is 6.00. The summed E-state index contributed by atoms with van der Waals surface area (Å²) in [6.07, 6.45) is 4.21. The van der Waals surface area contributed by atoms with Crippen LogP contribution in [0.4, 0.5) is 0 Å². The van der Waals surface area contributed by atoms with Crippen molar-refractivity contribution < 1.29 is 13.9 Å². The first-order chi connectivity index (χ1) is 13.2. The summed E-state index contributed by atoms with van der Waals surface area (Å²) >= 11 is 0. The fourth-order valence-corrected chi connectivity index (χ4v) is 4.37. The minimum absolute atomic E-state index is 0.134. The predicted molar refractivity (Wildman–Crippen MR) is 104 cm³/mol. The Balaban J connectivity index is 1.45. The number of nitrogens with one attached hydrogen (secondary N) is 2. The van der Waals surface area contributed by atoms with Crippen LogP contribution < -0.4 is 10.6 Å². The third kappa shape index (κ3) is 4.47. The largest absolute Gasteiger partial charge is 0.465 e. The number of nitrogens with zero attached hydrogens (tertiary/aromatic N) is 2. The summed E-state index contributed by atoms with van der Waals surface area (Å²) in [7, 11) is 0. The lowest BCUT2D eigenvalue weighted by Gasteiger charge is -2.32. The lowest BCUT2D eigenvalue weighted by atomic mass is 9.96. The van der Waals surface area contributed by atoms with Crippen LogP contribution in [0.15, 0.2) is 21.5 Å². The number of furan rings is 1. The van der Waals surface area contributed by atoms with Crippen LogP contribution in [0.1, 0.15) is 43.7 Å². The highest BCUT2D eigenvalue weighted by Gasteiger charge is 2.41. The quantitative estimate of drug-likeness (QED) is 0.583. The zero-order valence-electron chi connectivity index (χ0n) is 16.4. The standard InChI is InChI=1S/C20H32N4O3/c1-3-21-20(23-16-12-15-5-7-18(16)27-15)22-13-17(19-6-4-14(2)26-19)24-8-10-25-11-9-24/h4,6,15-18H,3,5,7-13H2,1-2H3,(H2,21,22,23). The molecule has 1 aromatic rings. The third-order valence-corrected chi connectivity index (χ3v) is 5.77. The van der Waals surface area contributed by atoms with Crippen molar-refractivity contribution in [3.8, 4) is 0 Å². The molecule has 2 bridgehead atoms. The van der Waals surface area contributed by atoms with Crippen LogP contribution >= 0.6 is 0 Å². The van der Waals surface area contributed by atoms with Gasteiger partial charge in [0, 0.05) is 19.6 Å². The highest BCUT2D eigenvalue weighted by atomic mass is 16.5. The van der Waals surface area contributed by atoms with E-state index in [1.54, 1.807) is 0 Å². The zero-order valence-corrected chi connectivity index (χ0v) is 16.4. The van der Waals surface area contributed by atoms with Gasteiger partial charge in [0.25, 0.3) is 0 Å². The summed E-state index contributed by atoms with van der Waals surface area (Å²) in [6, 6.07) is 4.61. The van der Waals surface area contributed by atoms with Crippen LogP contribution in [0.3, 0.4) is 0 Å². The Labute approximate surface area is 161 Å². The van der Waals surface area contributed by atoms with Crippen LogP contribution in [0, 0.1) is 6.92 Å². The number of hydrogen-bond donors (Lipinski definition) is 2. The molecule has 2 N–H and O–H groups in total. The van der Waals surface area contributed by atoms with Crippen molar-refractivity contribution in [1.82, 2.24) is 15.5 Å². The molecular weight excluding hydrogens is 344 g/mol. The molecule has 4 atom stereocenters. The fourth-order valence-electron chi connectivity index (χ4n) is 4.37. The second kappa shape index (κ2) is 8.63. The molecule has 3 aliphatic heterocycles. The topological polar surface area (TPSA) is 71.3 Å². The molecule has 3 saturated heterocycles. The SMILES string of the molecule is CCNC(=NCC(c1ccc(C)o1)N1CCOCC1)NC1CC2CCC1O2. The molecule has 4 rings (SSSR count). The lowest BCUT2D eigenvalue weighted by molar-refractivity contribution is 0.0135. The minimum atomic E-state index is 0.134. The molecule has 0 amide bonds. The maximum atomic E-state index is 5.97. The number of guanidine groups is 1. The average Bonchev–Trinajstić information content (AvgIpc) is 3.40. The fraction of sp³-hybridized carbons (Fsp3) is 0.750. The molecule has 0 aromatic carbocycles. The van der Waals surface area contributed by atoms with E-state index in [-0.39, 0.29) is 6.04 Å². The molecule has 7 nitrogen and oxygen atoms in total. The van der Waals surface area contributed by atoms with Gasteiger partial charge >= 0.3 is 0 Å². The Bertz CT molecular complexity index is 641. The molecule has 3 aliphatic rings. The van der Waals surface area contributed by atoms with Crippen molar-refractivity contribution >= 4 is 5.96 Å². The van der Waals surface area contributed by atoms with E-state index in [1.165, 1.54) is 6.42 Å². The van der Waals surface area contributed by atoms with Gasteiger partial charge in [-0.3, -0.25) is 9.89 Å². The van der Waals surface area contributed by atoms with Gasteiger partial charge in [0.05, 0.1) is 44.1 Å². The molecule has 3 fully saturated rings. The lowest BCUT2D eigenvalue weighted by Crippen LogP contribution is -2.48. The summed E-state index contributed by atoms with van der Waals surface area (Å²) in [4.78, 5) is 7.33. The number of morpholine rings is 1. The maximum absolute atomic E-state index is 5.97. The summed E-state index contributed by atoms with van der Waals surface area (Å²) < 4.78 is 17.5. The number of ether oxygens (including phenoxy) is 2. The summed E-state index contributed by atoms with van der Waals surface area (Å²) in [5.74, 6) is 2.80. The molecule has 0 spiro atoms. The van der Waals surface area contributed by atoms with Gasteiger partial charge in [0.15, 0.2) is 5.96 Å². The van der Waals surface area contributed by atoms with E-state index in [1.807, 2.05) is 13.0 Å². The second-order valence-corrected chi connectivity index (χ2v) is 7.69. The van der Waals surface area contributed by atoms with Gasteiger partial charge in [0.2, 0.25) is 0 Å². The normalized spacial score (nSPS) is 29.9. The number of hydrogen-bond acceptors (Lipinski definition) is 5. The van der Waals surface area contributed by atoms with Gasteiger partial charge in [0.1, 0.15) is 11.5 Å². The molecule has 4 heterocycles. The van der Waals surface area contributed by atoms with Crippen LogP contribution in [0.5, 0.6) is 0 Å². The van der Waals surface area contributed by atoms with E-state index in [9.17, 15) is 0 Å². The van der Waals surface area contributed by atoms with Crippen molar-refractivity contribution in [2.24, 2.45) is 4.99 Å². The van der Waals surface area contributed by atoms with E-state index in [0.29, 0.717) is 24.8 Å². The van der Waals surface area contributed by atoms with Gasteiger partial charge in [-0.1, -0.05) is 0 Å². The summed E-state index contributed by atoms with van der Waals surface area (Å²) in [6.45, 7) is 8.93. The first-order valence-corrected chi connectivity index (χ1v) is 10.3. The van der Waals surface area contributed by atoms with Crippen molar-refractivity contribution in [3.05, 3.63) is 23.7 Å². The molecular formula is C20H32N4O3. The first-order valence-electron chi connectivity index (χ1n) is 10.3. The van der Waals surface area contributed by atoms with E-state index >= 15 is 0 Å². The molecule has 150 valence electrons. The van der Waals surface area contributed by atoms with Crippen LogP contribution in [-0.4, -0.2) is 68.5 Å². The van der Waals surface area contributed by atoms with E-state index in [4.69, 9.17) is 18.9 Å². The van der Waals surface area contributed by atoms with Crippen LogP contribution in [0.25, 0.3) is 0 Å². The van der Waals surface area contributed by atoms with E-state index in [0.717, 1.165) is 63.2 Å². The molecule has 0 radical (unpaired) electrons. The van der Waals surface area contributed by atoms with Crippen molar-refractivity contribution in [1.29, 1.82) is 0 Å². The molecule has 27 heavy (non-hydrogen) atoms. The zero-order chi connectivity index (χ0) is 18.6. The molecule has 7 heteroatoms. The number of aliphatic imine (C=N–C) groups is 1. The molecule has 0 aliphatic carbocycles. The smallest absolute Gasteiger partial charge is 0.191 e. The third-order valence-electron chi connectivity index (χ3n) is 5.77. The highest BCUT2D eigenvalue weighted by molar-refractivity contribution is 5.80. The Morgan fingerprint density at radius 1 is 1.30 bits per heavy atom. The van der Waals surface area contributed by atoms with Crippen LogP contribution in [-0.2, 0) is 9.47 Å². The molecule has 1 aromatic heterocycles.